The third-order valence-electron chi connectivity index (χ3n) is 6.63. The Kier molecular flexibility index (Phi) is 3.26. The zero-order chi connectivity index (χ0) is 17.2. The van der Waals surface area contributed by atoms with Gasteiger partial charge in [0.2, 0.25) is 5.91 Å². The molecule has 1 aromatic rings. The molecular weight excluding hydrogens is 318 g/mol. The molecule has 5 heteroatoms. The van der Waals surface area contributed by atoms with Crippen molar-refractivity contribution in [2.24, 2.45) is 17.8 Å². The number of β-amino-alcohol motifs (C(OH)–C–C–N with tert-alkyl or cyclic N) is 1. The molecule has 2 heterocycles. The van der Waals surface area contributed by atoms with E-state index in [4.69, 9.17) is 4.74 Å². The maximum Gasteiger partial charge on any atom is 0.226 e. The molecule has 5 atom stereocenters. The second kappa shape index (κ2) is 5.31. The van der Waals surface area contributed by atoms with E-state index >= 15 is 0 Å². The Morgan fingerprint density at radius 2 is 2.12 bits per heavy atom. The van der Waals surface area contributed by atoms with E-state index in [1.165, 1.54) is 0 Å². The lowest BCUT2D eigenvalue weighted by atomic mass is 9.84. The van der Waals surface area contributed by atoms with Crippen LogP contribution in [0.4, 0.5) is 0 Å². The molecule has 2 saturated carbocycles. The lowest BCUT2D eigenvalue weighted by molar-refractivity contribution is -0.137. The monoisotopic (exact) mass is 341 g/mol. The van der Waals surface area contributed by atoms with Gasteiger partial charge in [-0.25, -0.2) is 0 Å². The number of aliphatic hydroxyl groups is 1. The first-order valence-electron chi connectivity index (χ1n) is 9.37. The van der Waals surface area contributed by atoms with Crippen LogP contribution in [-0.2, 0) is 4.79 Å². The van der Waals surface area contributed by atoms with Gasteiger partial charge in [0.25, 0.3) is 0 Å². The molecule has 2 aliphatic carbocycles. The van der Waals surface area contributed by atoms with Crippen LogP contribution in [-0.4, -0.2) is 46.5 Å². The van der Waals surface area contributed by atoms with Crippen molar-refractivity contribution < 1.29 is 19.4 Å². The number of hydrogen-bond donors (Lipinski definition) is 1. The maximum absolute atomic E-state index is 12.9. The molecule has 1 saturated heterocycles. The Labute approximate surface area is 147 Å². The molecule has 4 aliphatic rings. The van der Waals surface area contributed by atoms with E-state index in [9.17, 15) is 14.7 Å². The van der Waals surface area contributed by atoms with E-state index in [1.54, 1.807) is 0 Å². The minimum atomic E-state index is -0.495. The highest BCUT2D eigenvalue weighted by atomic mass is 16.5. The summed E-state index contributed by atoms with van der Waals surface area (Å²) in [5.41, 5.74) is 0.171. The Morgan fingerprint density at radius 1 is 1.28 bits per heavy atom. The van der Waals surface area contributed by atoms with Gasteiger partial charge in [0, 0.05) is 24.9 Å². The standard InChI is InChI=1S/C20H23NO4/c22-12-4-3-9-21(11-12)19(24)17-14-7-8-20(18(14)17)10-15(23)13-5-1-2-6-16(13)25-20/h1-2,5-6,12,14,17-18,22H,3-4,7-11H2/t12-,14-,17+,18-,20+/m1/s1. The van der Waals surface area contributed by atoms with Crippen LogP contribution in [0.15, 0.2) is 24.3 Å². The van der Waals surface area contributed by atoms with Gasteiger partial charge >= 0.3 is 0 Å². The first-order valence-corrected chi connectivity index (χ1v) is 9.37. The summed E-state index contributed by atoms with van der Waals surface area (Å²) in [6.45, 7) is 1.19. The molecule has 5 rings (SSSR count). The molecule has 0 unspecified atom stereocenters. The van der Waals surface area contributed by atoms with E-state index in [0.717, 1.165) is 32.2 Å². The Balaban J connectivity index is 1.38. The molecule has 0 aromatic heterocycles. The lowest BCUT2D eigenvalue weighted by Crippen LogP contribution is -2.47. The summed E-state index contributed by atoms with van der Waals surface area (Å²) < 4.78 is 6.35. The van der Waals surface area contributed by atoms with Gasteiger partial charge in [0.1, 0.15) is 11.4 Å². The number of para-hydroxylation sites is 1. The van der Waals surface area contributed by atoms with E-state index in [2.05, 4.69) is 0 Å². The number of piperidine rings is 1. The van der Waals surface area contributed by atoms with E-state index in [1.807, 2.05) is 29.2 Å². The van der Waals surface area contributed by atoms with E-state index in [-0.39, 0.29) is 23.5 Å². The first-order chi connectivity index (χ1) is 12.1. The molecule has 1 aromatic carbocycles. The van der Waals surface area contributed by atoms with Crippen LogP contribution in [0.5, 0.6) is 5.75 Å². The number of nitrogens with zero attached hydrogens (tertiary/aromatic N) is 1. The fourth-order valence-electron chi connectivity index (χ4n) is 5.46. The first kappa shape index (κ1) is 15.4. The topological polar surface area (TPSA) is 66.8 Å². The number of rotatable bonds is 1. The number of ketones is 1. The number of likely N-dealkylation sites (tertiary alicyclic amines) is 1. The van der Waals surface area contributed by atoms with Gasteiger partial charge in [0.15, 0.2) is 5.78 Å². The molecule has 5 nitrogen and oxygen atoms in total. The van der Waals surface area contributed by atoms with Gasteiger partial charge < -0.3 is 14.7 Å². The van der Waals surface area contributed by atoms with Crippen molar-refractivity contribution in [2.45, 2.75) is 43.8 Å². The second-order valence-electron chi connectivity index (χ2n) is 8.10. The molecule has 0 bridgehead atoms. The zero-order valence-corrected chi connectivity index (χ0v) is 14.2. The third-order valence-corrected chi connectivity index (χ3v) is 6.63. The average Bonchev–Trinajstić information content (AvgIpc) is 3.25. The van der Waals surface area contributed by atoms with Crippen molar-refractivity contribution in [2.75, 3.05) is 13.1 Å². The SMILES string of the molecule is O=C1C[C@]2(CC[C@@H]3[C@H](C(=O)N4CCC[C@@H](O)C4)[C@@H]32)Oc2ccccc21. The minimum absolute atomic E-state index is 0.0305. The summed E-state index contributed by atoms with van der Waals surface area (Å²) in [6, 6.07) is 7.44. The zero-order valence-electron chi connectivity index (χ0n) is 14.2. The van der Waals surface area contributed by atoms with Crippen molar-refractivity contribution in [1.82, 2.24) is 4.90 Å². The number of ether oxygens (including phenoxy) is 1. The van der Waals surface area contributed by atoms with Gasteiger partial charge in [-0.2, -0.15) is 0 Å². The van der Waals surface area contributed by atoms with Gasteiger partial charge in [-0.1, -0.05) is 12.1 Å². The van der Waals surface area contributed by atoms with Gasteiger partial charge in [-0.15, -0.1) is 0 Å². The van der Waals surface area contributed by atoms with Crippen molar-refractivity contribution >= 4 is 11.7 Å². The summed E-state index contributed by atoms with van der Waals surface area (Å²) in [5.74, 6) is 1.42. The van der Waals surface area contributed by atoms with Gasteiger partial charge in [0.05, 0.1) is 18.1 Å². The van der Waals surface area contributed by atoms with Crippen LogP contribution in [0.1, 0.15) is 42.5 Å². The molecule has 1 spiro atoms. The number of fused-ring (bicyclic) bond motifs is 3. The van der Waals surface area contributed by atoms with Crippen molar-refractivity contribution in [1.29, 1.82) is 0 Å². The van der Waals surface area contributed by atoms with Crippen LogP contribution in [0.25, 0.3) is 0 Å². The predicted molar refractivity (Wildman–Crippen MR) is 90.3 cm³/mol. The molecule has 0 radical (unpaired) electrons. The van der Waals surface area contributed by atoms with E-state index in [0.29, 0.717) is 30.2 Å². The minimum Gasteiger partial charge on any atom is -0.486 e. The van der Waals surface area contributed by atoms with Crippen LogP contribution in [0.2, 0.25) is 0 Å². The molecule has 2 aliphatic heterocycles. The highest BCUT2D eigenvalue weighted by molar-refractivity contribution is 6.00. The Bertz CT molecular complexity index is 747. The number of carbonyl (C=O) groups is 2. The number of Topliss-reactive ketones (excluding diaryl/α,β-unsaturated/α-hetero) is 1. The number of benzene rings is 1. The van der Waals surface area contributed by atoms with Crippen LogP contribution in [0, 0.1) is 17.8 Å². The molecule has 1 N–H and O–H groups in total. The lowest BCUT2D eigenvalue weighted by Gasteiger charge is -2.38. The summed E-state index contributed by atoms with van der Waals surface area (Å²) >= 11 is 0. The second-order valence-corrected chi connectivity index (χ2v) is 8.10. The van der Waals surface area contributed by atoms with Crippen LogP contribution < -0.4 is 4.74 Å². The van der Waals surface area contributed by atoms with Crippen LogP contribution in [0.3, 0.4) is 0 Å². The molecular formula is C20H23NO4. The molecule has 132 valence electrons. The summed E-state index contributed by atoms with van der Waals surface area (Å²) in [6.07, 6.45) is 3.44. The quantitative estimate of drug-likeness (QED) is 0.849. The number of hydrogen-bond acceptors (Lipinski definition) is 4. The summed E-state index contributed by atoms with van der Waals surface area (Å²) in [7, 11) is 0. The van der Waals surface area contributed by atoms with Gasteiger partial charge in [-0.3, -0.25) is 9.59 Å². The van der Waals surface area contributed by atoms with Crippen molar-refractivity contribution in [3.8, 4) is 5.75 Å². The number of aliphatic hydroxyl groups excluding tert-OH is 1. The predicted octanol–water partition coefficient (Wildman–Crippen LogP) is 2.03. The highest BCUT2D eigenvalue weighted by Crippen LogP contribution is 2.66. The van der Waals surface area contributed by atoms with Crippen LogP contribution >= 0.6 is 0 Å². The summed E-state index contributed by atoms with van der Waals surface area (Å²) in [4.78, 5) is 27.4. The normalized spacial score (nSPS) is 38.9. The number of amides is 1. The van der Waals surface area contributed by atoms with E-state index < -0.39 is 11.7 Å². The fourth-order valence-corrected chi connectivity index (χ4v) is 5.46. The number of carbonyl (C=O) groups excluding carboxylic acids is 2. The molecule has 3 fully saturated rings. The summed E-state index contributed by atoms with van der Waals surface area (Å²) in [5, 5.41) is 9.86. The average molecular weight is 341 g/mol. The van der Waals surface area contributed by atoms with Gasteiger partial charge in [-0.05, 0) is 43.7 Å². The Morgan fingerprint density at radius 3 is 2.96 bits per heavy atom. The molecule has 1 amide bonds. The fraction of sp³-hybridized carbons (Fsp3) is 0.600. The third kappa shape index (κ3) is 2.25. The van der Waals surface area contributed by atoms with Crippen molar-refractivity contribution in [3.63, 3.8) is 0 Å². The highest BCUT2D eigenvalue weighted by Gasteiger charge is 2.71. The largest absolute Gasteiger partial charge is 0.486 e. The smallest absolute Gasteiger partial charge is 0.226 e. The Hall–Kier alpha value is -1.88. The molecule has 25 heavy (non-hydrogen) atoms. The van der Waals surface area contributed by atoms with Crippen molar-refractivity contribution in [3.05, 3.63) is 29.8 Å². The maximum atomic E-state index is 12.9.